The second-order valence-electron chi connectivity index (χ2n) is 4.21. The Morgan fingerprint density at radius 1 is 1.25 bits per heavy atom. The summed E-state index contributed by atoms with van der Waals surface area (Å²) >= 11 is 1.31. The van der Waals surface area contributed by atoms with Gasteiger partial charge in [0.2, 0.25) is 5.91 Å². The summed E-state index contributed by atoms with van der Waals surface area (Å²) in [7, 11) is 0. The number of primary amides is 1. The van der Waals surface area contributed by atoms with Crippen LogP contribution in [0.25, 0.3) is 22.4 Å². The number of hydrogen-bond acceptors (Lipinski definition) is 4. The van der Waals surface area contributed by atoms with Crippen molar-refractivity contribution in [3.8, 4) is 11.4 Å². The zero-order valence-electron chi connectivity index (χ0n) is 10.5. The average Bonchev–Trinajstić information content (AvgIpc) is 2.89. The number of nitrogens with one attached hydrogen (secondary N) is 1. The Balaban J connectivity index is 2.02. The van der Waals surface area contributed by atoms with E-state index in [0.29, 0.717) is 0 Å². The fraction of sp³-hybridized carbons (Fsp3) is 0.0714. The van der Waals surface area contributed by atoms with Crippen molar-refractivity contribution in [3.63, 3.8) is 0 Å². The van der Waals surface area contributed by atoms with Gasteiger partial charge in [0.15, 0.2) is 0 Å². The number of aromatic amines is 1. The Morgan fingerprint density at radius 2 is 2.10 bits per heavy atom. The maximum absolute atomic E-state index is 10.9. The third-order valence-electron chi connectivity index (χ3n) is 2.77. The lowest BCUT2D eigenvalue weighted by atomic mass is 10.3. The molecule has 5 nitrogen and oxygen atoms in total. The van der Waals surface area contributed by atoms with Crippen LogP contribution >= 0.6 is 11.8 Å². The van der Waals surface area contributed by atoms with Crippen molar-refractivity contribution in [2.75, 3.05) is 5.75 Å². The molecule has 0 aliphatic rings. The minimum absolute atomic E-state index is 0.199. The van der Waals surface area contributed by atoms with Crippen LogP contribution in [0.15, 0.2) is 47.6 Å². The molecule has 6 heteroatoms. The van der Waals surface area contributed by atoms with Crippen molar-refractivity contribution < 1.29 is 4.79 Å². The zero-order valence-corrected chi connectivity index (χ0v) is 11.4. The summed E-state index contributed by atoms with van der Waals surface area (Å²) in [6.07, 6.45) is 1.69. The van der Waals surface area contributed by atoms with Gasteiger partial charge < -0.3 is 10.7 Å². The summed E-state index contributed by atoms with van der Waals surface area (Å²) in [5.41, 5.74) is 7.92. The molecule has 0 atom stereocenters. The number of pyridine rings is 1. The van der Waals surface area contributed by atoms with Crippen molar-refractivity contribution in [1.29, 1.82) is 0 Å². The van der Waals surface area contributed by atoms with Gasteiger partial charge in [-0.15, -0.1) is 0 Å². The van der Waals surface area contributed by atoms with Gasteiger partial charge in [-0.25, -0.2) is 9.97 Å². The van der Waals surface area contributed by atoms with Crippen LogP contribution in [0.5, 0.6) is 0 Å². The summed E-state index contributed by atoms with van der Waals surface area (Å²) in [5, 5.41) is 0.741. The SMILES string of the molecule is NC(=O)CSc1ncccc1-c1nc2ccccc2[nH]1. The molecule has 0 aliphatic heterocycles. The van der Waals surface area contributed by atoms with E-state index < -0.39 is 0 Å². The standard InChI is InChI=1S/C14H12N4OS/c15-12(19)8-20-14-9(4-3-7-16-14)13-17-10-5-1-2-6-11(10)18-13/h1-7H,8H2,(H2,15,19)(H,17,18). The molecule has 2 aromatic heterocycles. The number of rotatable bonds is 4. The van der Waals surface area contributed by atoms with E-state index in [2.05, 4.69) is 15.0 Å². The van der Waals surface area contributed by atoms with E-state index in [1.165, 1.54) is 11.8 Å². The third-order valence-corrected chi connectivity index (χ3v) is 3.79. The van der Waals surface area contributed by atoms with E-state index in [0.717, 1.165) is 27.4 Å². The third kappa shape index (κ3) is 2.50. The first-order chi connectivity index (χ1) is 9.74. The van der Waals surface area contributed by atoms with E-state index >= 15 is 0 Å². The molecular weight excluding hydrogens is 272 g/mol. The van der Waals surface area contributed by atoms with Crippen LogP contribution in [-0.2, 0) is 4.79 Å². The van der Waals surface area contributed by atoms with Crippen LogP contribution in [0.2, 0.25) is 0 Å². The van der Waals surface area contributed by atoms with Crippen LogP contribution in [-0.4, -0.2) is 26.6 Å². The van der Waals surface area contributed by atoms with Crippen LogP contribution in [0.1, 0.15) is 0 Å². The van der Waals surface area contributed by atoms with Gasteiger partial charge in [0, 0.05) is 11.8 Å². The minimum Gasteiger partial charge on any atom is -0.369 e. The second-order valence-corrected chi connectivity index (χ2v) is 5.18. The monoisotopic (exact) mass is 284 g/mol. The highest BCUT2D eigenvalue weighted by molar-refractivity contribution is 8.00. The lowest BCUT2D eigenvalue weighted by molar-refractivity contribution is -0.115. The highest BCUT2D eigenvalue weighted by atomic mass is 32.2. The van der Waals surface area contributed by atoms with Crippen molar-refractivity contribution in [2.45, 2.75) is 5.03 Å². The second kappa shape index (κ2) is 5.34. The molecule has 0 radical (unpaired) electrons. The van der Waals surface area contributed by atoms with E-state index in [1.54, 1.807) is 6.20 Å². The first-order valence-electron chi connectivity index (χ1n) is 6.05. The van der Waals surface area contributed by atoms with Gasteiger partial charge in [0.25, 0.3) is 0 Å². The number of carbonyl (C=O) groups excluding carboxylic acids is 1. The Labute approximate surface area is 119 Å². The molecule has 0 saturated carbocycles. The predicted octanol–water partition coefficient (Wildman–Crippen LogP) is 2.20. The Morgan fingerprint density at radius 3 is 2.90 bits per heavy atom. The molecule has 0 fully saturated rings. The fourth-order valence-corrected chi connectivity index (χ4v) is 2.64. The highest BCUT2D eigenvalue weighted by Gasteiger charge is 2.11. The molecule has 0 unspecified atom stereocenters. The van der Waals surface area contributed by atoms with Gasteiger partial charge in [0.05, 0.1) is 16.8 Å². The van der Waals surface area contributed by atoms with Gasteiger partial charge in [-0.05, 0) is 24.3 Å². The van der Waals surface area contributed by atoms with Gasteiger partial charge in [-0.1, -0.05) is 23.9 Å². The zero-order chi connectivity index (χ0) is 13.9. The van der Waals surface area contributed by atoms with Crippen molar-refractivity contribution in [3.05, 3.63) is 42.6 Å². The molecule has 2 heterocycles. The molecule has 3 N–H and O–H groups in total. The predicted molar refractivity (Wildman–Crippen MR) is 79.2 cm³/mol. The maximum atomic E-state index is 10.9. The number of nitrogens with two attached hydrogens (primary N) is 1. The number of aromatic nitrogens is 3. The molecule has 0 aliphatic carbocycles. The number of amides is 1. The molecule has 1 aromatic carbocycles. The molecule has 100 valence electrons. The lowest BCUT2D eigenvalue weighted by Gasteiger charge is -2.04. The van der Waals surface area contributed by atoms with Gasteiger partial charge in [-0.3, -0.25) is 4.79 Å². The van der Waals surface area contributed by atoms with Crippen molar-refractivity contribution in [1.82, 2.24) is 15.0 Å². The van der Waals surface area contributed by atoms with Crippen molar-refractivity contribution in [2.24, 2.45) is 5.73 Å². The summed E-state index contributed by atoms with van der Waals surface area (Å²) in [5.74, 6) is 0.576. The normalized spacial score (nSPS) is 10.8. The van der Waals surface area contributed by atoms with Gasteiger partial charge in [-0.2, -0.15) is 0 Å². The van der Waals surface area contributed by atoms with Crippen molar-refractivity contribution >= 4 is 28.7 Å². The number of imidazole rings is 1. The Bertz CT molecular complexity index is 735. The fourth-order valence-electron chi connectivity index (χ4n) is 1.91. The molecule has 3 aromatic rings. The van der Waals surface area contributed by atoms with Crippen LogP contribution in [0.3, 0.4) is 0 Å². The lowest BCUT2D eigenvalue weighted by Crippen LogP contribution is -2.13. The van der Waals surface area contributed by atoms with E-state index in [1.807, 2.05) is 36.4 Å². The summed E-state index contributed by atoms with van der Waals surface area (Å²) in [6.45, 7) is 0. The average molecular weight is 284 g/mol. The minimum atomic E-state index is -0.365. The largest absolute Gasteiger partial charge is 0.369 e. The molecule has 3 rings (SSSR count). The number of para-hydroxylation sites is 2. The number of benzene rings is 1. The smallest absolute Gasteiger partial charge is 0.227 e. The number of thioether (sulfide) groups is 1. The molecule has 1 amide bonds. The number of hydrogen-bond donors (Lipinski definition) is 2. The quantitative estimate of drug-likeness (QED) is 0.719. The Kier molecular flexibility index (Phi) is 3.39. The summed E-state index contributed by atoms with van der Waals surface area (Å²) in [4.78, 5) is 23.0. The molecule has 0 spiro atoms. The first kappa shape index (κ1) is 12.7. The highest BCUT2D eigenvalue weighted by Crippen LogP contribution is 2.28. The van der Waals surface area contributed by atoms with E-state index in [9.17, 15) is 4.79 Å². The molecular formula is C14H12N4OS. The molecule has 0 bridgehead atoms. The number of nitrogens with zero attached hydrogens (tertiary/aromatic N) is 2. The van der Waals surface area contributed by atoms with E-state index in [4.69, 9.17) is 5.73 Å². The topological polar surface area (TPSA) is 84.7 Å². The van der Waals surface area contributed by atoms with Crippen LogP contribution < -0.4 is 5.73 Å². The molecule has 20 heavy (non-hydrogen) atoms. The first-order valence-corrected chi connectivity index (χ1v) is 7.04. The molecule has 0 saturated heterocycles. The number of fused-ring (bicyclic) bond motifs is 1. The summed E-state index contributed by atoms with van der Waals surface area (Å²) in [6, 6.07) is 11.6. The number of H-pyrrole nitrogens is 1. The van der Waals surface area contributed by atoms with E-state index in [-0.39, 0.29) is 11.7 Å². The number of carbonyl (C=O) groups is 1. The van der Waals surface area contributed by atoms with Crippen LogP contribution in [0.4, 0.5) is 0 Å². The van der Waals surface area contributed by atoms with Crippen LogP contribution in [0, 0.1) is 0 Å². The Hall–Kier alpha value is -2.34. The van der Waals surface area contributed by atoms with Gasteiger partial charge >= 0.3 is 0 Å². The maximum Gasteiger partial charge on any atom is 0.227 e. The van der Waals surface area contributed by atoms with Gasteiger partial charge in [0.1, 0.15) is 10.9 Å². The summed E-state index contributed by atoms with van der Waals surface area (Å²) < 4.78 is 0.